The molecule has 0 N–H and O–H groups in total. The molecular formula is C29H25ClF5N5O3. The van der Waals surface area contributed by atoms with Crippen molar-refractivity contribution in [3.63, 3.8) is 0 Å². The van der Waals surface area contributed by atoms with Crippen molar-refractivity contribution in [1.29, 1.82) is 0 Å². The van der Waals surface area contributed by atoms with E-state index in [0.29, 0.717) is 0 Å². The fourth-order valence-corrected chi connectivity index (χ4v) is 5.33. The standard InChI is InChI=1S/C29H25ClF5N5O3/c1-3-43-26(41)11-15-7-8-39(14-21(15)34)29(42)23-12-24-36-22(16-9-19(32)27(35)20(33)10-16)13-25(40(24)37-23)38(2)28-17(30)5-4-6-18(28)31/h4-6,9-10,12-13,15,21H,3,7-8,11,14H2,1-2H3. The summed E-state index contributed by atoms with van der Waals surface area (Å²) in [5.41, 5.74) is -0.347. The van der Waals surface area contributed by atoms with Crippen LogP contribution in [-0.4, -0.2) is 64.3 Å². The minimum atomic E-state index is -1.66. The molecule has 0 aliphatic carbocycles. The Hall–Kier alpha value is -4.26. The molecule has 2 aromatic heterocycles. The van der Waals surface area contributed by atoms with Crippen molar-refractivity contribution in [2.75, 3.05) is 31.6 Å². The first-order valence-electron chi connectivity index (χ1n) is 13.3. The summed E-state index contributed by atoms with van der Waals surface area (Å²) in [5.74, 6) is -6.88. The third kappa shape index (κ3) is 5.99. The lowest BCUT2D eigenvalue weighted by atomic mass is 9.91. The van der Waals surface area contributed by atoms with Gasteiger partial charge in [0, 0.05) is 37.2 Å². The van der Waals surface area contributed by atoms with Gasteiger partial charge in [-0.2, -0.15) is 9.61 Å². The van der Waals surface area contributed by atoms with E-state index in [0.717, 1.165) is 12.1 Å². The quantitative estimate of drug-likeness (QED) is 0.140. The molecule has 1 saturated heterocycles. The number of amides is 1. The van der Waals surface area contributed by atoms with Gasteiger partial charge >= 0.3 is 5.97 Å². The highest BCUT2D eigenvalue weighted by Crippen LogP contribution is 2.35. The minimum absolute atomic E-state index is 0.0225. The zero-order valence-corrected chi connectivity index (χ0v) is 23.7. The Kier molecular flexibility index (Phi) is 8.54. The van der Waals surface area contributed by atoms with Crippen LogP contribution in [0.2, 0.25) is 5.02 Å². The zero-order chi connectivity index (χ0) is 31.0. The lowest BCUT2D eigenvalue weighted by molar-refractivity contribution is -0.145. The summed E-state index contributed by atoms with van der Waals surface area (Å²) in [4.78, 5) is 32.2. The summed E-state index contributed by atoms with van der Waals surface area (Å²) in [5, 5.41) is 4.38. The predicted octanol–water partition coefficient (Wildman–Crippen LogP) is 6.13. The van der Waals surface area contributed by atoms with Crippen LogP contribution in [0.15, 0.2) is 42.5 Å². The number of halogens is 6. The maximum atomic E-state index is 15.0. The number of hydrogen-bond donors (Lipinski definition) is 0. The summed E-state index contributed by atoms with van der Waals surface area (Å²) in [6.45, 7) is 1.72. The molecule has 1 fully saturated rings. The first-order chi connectivity index (χ1) is 20.5. The van der Waals surface area contributed by atoms with Crippen molar-refractivity contribution in [1.82, 2.24) is 19.5 Å². The second-order valence-electron chi connectivity index (χ2n) is 10.0. The number of carbonyl (C=O) groups excluding carboxylic acids is 2. The first kappa shape index (κ1) is 30.2. The molecule has 226 valence electrons. The van der Waals surface area contributed by atoms with Crippen molar-refractivity contribution in [3.05, 3.63) is 76.5 Å². The number of nitrogens with zero attached hydrogens (tertiary/aromatic N) is 5. The van der Waals surface area contributed by atoms with Gasteiger partial charge in [-0.15, -0.1) is 0 Å². The van der Waals surface area contributed by atoms with Gasteiger partial charge in [-0.25, -0.2) is 26.9 Å². The largest absolute Gasteiger partial charge is 0.466 e. The molecule has 2 atom stereocenters. The third-order valence-electron chi connectivity index (χ3n) is 7.22. The number of likely N-dealkylation sites (tertiary alicyclic amines) is 1. The number of ether oxygens (including phenoxy) is 1. The minimum Gasteiger partial charge on any atom is -0.466 e. The molecule has 14 heteroatoms. The SMILES string of the molecule is CCOC(=O)CC1CCN(C(=O)c2cc3nc(-c4cc(F)c(F)c(F)c4)cc(N(C)c4c(F)cccc4Cl)n3n2)CC1F. The summed E-state index contributed by atoms with van der Waals surface area (Å²) < 4.78 is 77.9. The van der Waals surface area contributed by atoms with Crippen LogP contribution in [0.1, 0.15) is 30.3 Å². The Balaban J connectivity index is 1.54. The van der Waals surface area contributed by atoms with Crippen LogP contribution in [0.5, 0.6) is 0 Å². The summed E-state index contributed by atoms with van der Waals surface area (Å²) in [6.07, 6.45) is -1.35. The molecule has 5 rings (SSSR count). The zero-order valence-electron chi connectivity index (χ0n) is 23.0. The van der Waals surface area contributed by atoms with E-state index in [1.165, 1.54) is 51.7 Å². The van der Waals surface area contributed by atoms with E-state index in [9.17, 15) is 31.5 Å². The molecule has 2 unspecified atom stereocenters. The molecule has 1 aliphatic rings. The van der Waals surface area contributed by atoms with E-state index >= 15 is 0 Å². The lowest BCUT2D eigenvalue weighted by Gasteiger charge is -2.33. The number of esters is 1. The summed E-state index contributed by atoms with van der Waals surface area (Å²) in [7, 11) is 1.46. The second kappa shape index (κ2) is 12.2. The average Bonchev–Trinajstić information content (AvgIpc) is 3.40. The van der Waals surface area contributed by atoms with Crippen LogP contribution in [0, 0.1) is 29.2 Å². The highest BCUT2D eigenvalue weighted by molar-refractivity contribution is 6.33. The van der Waals surface area contributed by atoms with Crippen LogP contribution in [0.3, 0.4) is 0 Å². The number of alkyl halides is 1. The van der Waals surface area contributed by atoms with Crippen LogP contribution >= 0.6 is 11.6 Å². The summed E-state index contributed by atoms with van der Waals surface area (Å²) >= 11 is 6.28. The van der Waals surface area contributed by atoms with Gasteiger partial charge in [0.15, 0.2) is 28.8 Å². The van der Waals surface area contributed by atoms with Gasteiger partial charge in [-0.1, -0.05) is 17.7 Å². The number of aromatic nitrogens is 3. The number of para-hydroxylation sites is 1. The van der Waals surface area contributed by atoms with E-state index in [2.05, 4.69) is 10.1 Å². The van der Waals surface area contributed by atoms with Crippen molar-refractivity contribution >= 4 is 40.6 Å². The maximum Gasteiger partial charge on any atom is 0.306 e. The Morgan fingerprint density at radius 2 is 1.81 bits per heavy atom. The van der Waals surface area contributed by atoms with Gasteiger partial charge in [0.2, 0.25) is 0 Å². The van der Waals surface area contributed by atoms with Crippen molar-refractivity contribution in [2.45, 2.75) is 25.9 Å². The van der Waals surface area contributed by atoms with Gasteiger partial charge in [0.1, 0.15) is 17.8 Å². The molecule has 0 radical (unpaired) electrons. The lowest BCUT2D eigenvalue weighted by Crippen LogP contribution is -2.45. The molecule has 8 nitrogen and oxygen atoms in total. The van der Waals surface area contributed by atoms with Crippen LogP contribution in [0.25, 0.3) is 16.9 Å². The van der Waals surface area contributed by atoms with Gasteiger partial charge in [-0.3, -0.25) is 9.59 Å². The Morgan fingerprint density at radius 1 is 1.09 bits per heavy atom. The molecule has 3 heterocycles. The number of fused-ring (bicyclic) bond motifs is 1. The number of rotatable bonds is 7. The van der Waals surface area contributed by atoms with E-state index in [1.54, 1.807) is 6.92 Å². The second-order valence-corrected chi connectivity index (χ2v) is 10.4. The number of hydrogen-bond acceptors (Lipinski definition) is 6. The number of benzene rings is 2. The smallest absolute Gasteiger partial charge is 0.306 e. The molecule has 0 spiro atoms. The number of anilines is 2. The highest BCUT2D eigenvalue weighted by Gasteiger charge is 2.34. The van der Waals surface area contributed by atoms with Crippen LogP contribution in [-0.2, 0) is 9.53 Å². The molecule has 1 amide bonds. The normalized spacial score (nSPS) is 16.9. The topological polar surface area (TPSA) is 80.0 Å². The monoisotopic (exact) mass is 621 g/mol. The van der Waals surface area contributed by atoms with E-state index < -0.39 is 47.2 Å². The molecule has 0 bridgehead atoms. The molecule has 2 aromatic carbocycles. The van der Waals surface area contributed by atoms with Crippen LogP contribution < -0.4 is 4.90 Å². The fraction of sp³-hybridized carbons (Fsp3) is 0.310. The molecule has 43 heavy (non-hydrogen) atoms. The number of piperidine rings is 1. The van der Waals surface area contributed by atoms with E-state index in [-0.39, 0.29) is 71.7 Å². The van der Waals surface area contributed by atoms with Crippen molar-refractivity contribution in [2.24, 2.45) is 5.92 Å². The van der Waals surface area contributed by atoms with Gasteiger partial charge < -0.3 is 14.5 Å². The Bertz CT molecular complexity index is 1670. The van der Waals surface area contributed by atoms with Crippen molar-refractivity contribution in [3.8, 4) is 11.3 Å². The average molecular weight is 622 g/mol. The van der Waals surface area contributed by atoms with E-state index in [4.69, 9.17) is 16.3 Å². The molecule has 1 aliphatic heterocycles. The van der Waals surface area contributed by atoms with E-state index in [1.807, 2.05) is 0 Å². The Labute approximate surface area is 247 Å². The molecule has 0 saturated carbocycles. The highest BCUT2D eigenvalue weighted by atomic mass is 35.5. The van der Waals surface area contributed by atoms with Crippen LogP contribution in [0.4, 0.5) is 33.5 Å². The maximum absolute atomic E-state index is 15.0. The first-order valence-corrected chi connectivity index (χ1v) is 13.7. The predicted molar refractivity (Wildman–Crippen MR) is 148 cm³/mol. The van der Waals surface area contributed by atoms with Crippen molar-refractivity contribution < 1.29 is 36.3 Å². The molecular weight excluding hydrogens is 597 g/mol. The Morgan fingerprint density at radius 3 is 2.47 bits per heavy atom. The summed E-state index contributed by atoms with van der Waals surface area (Å²) in [6, 6.07) is 8.16. The van der Waals surface area contributed by atoms with Gasteiger partial charge in [0.25, 0.3) is 5.91 Å². The van der Waals surface area contributed by atoms with Gasteiger partial charge in [0.05, 0.1) is 36.0 Å². The number of carbonyl (C=O) groups is 2. The van der Waals surface area contributed by atoms with Gasteiger partial charge in [-0.05, 0) is 37.6 Å². The third-order valence-corrected chi connectivity index (χ3v) is 7.53. The molecule has 4 aromatic rings. The fourth-order valence-electron chi connectivity index (χ4n) is 5.04.